The van der Waals surface area contributed by atoms with Gasteiger partial charge in [0.05, 0.1) is 14.2 Å². The van der Waals surface area contributed by atoms with Crippen LogP contribution in [0, 0.1) is 0 Å². The Hall–Kier alpha value is -2.73. The number of benzene rings is 3. The van der Waals surface area contributed by atoms with Crippen LogP contribution in [0.15, 0.2) is 66.7 Å². The predicted octanol–water partition coefficient (Wildman–Crippen LogP) is 6.09. The quantitative estimate of drug-likeness (QED) is 0.395. The fourth-order valence-electron chi connectivity index (χ4n) is 4.45. The lowest BCUT2D eigenvalue weighted by molar-refractivity contribution is 0.0951. The van der Waals surface area contributed by atoms with Gasteiger partial charge in [-0.15, -0.1) is 12.4 Å². The van der Waals surface area contributed by atoms with Crippen LogP contribution in [0.25, 0.3) is 0 Å². The summed E-state index contributed by atoms with van der Waals surface area (Å²) in [4.78, 5) is 14.8. The van der Waals surface area contributed by atoms with Crippen LogP contribution in [0.4, 0.5) is 0 Å². The van der Waals surface area contributed by atoms with Gasteiger partial charge in [0.25, 0.3) is 5.91 Å². The molecule has 1 saturated heterocycles. The molecule has 0 unspecified atom stereocenters. The van der Waals surface area contributed by atoms with E-state index in [2.05, 4.69) is 46.6 Å². The van der Waals surface area contributed by atoms with Crippen molar-refractivity contribution in [3.8, 4) is 11.5 Å². The van der Waals surface area contributed by atoms with Crippen LogP contribution in [0.5, 0.6) is 11.5 Å². The monoisotopic (exact) mass is 514 g/mol. The summed E-state index contributed by atoms with van der Waals surface area (Å²) < 4.78 is 10.8. The summed E-state index contributed by atoms with van der Waals surface area (Å²) in [6.45, 7) is 3.56. The van der Waals surface area contributed by atoms with Gasteiger partial charge in [-0.25, -0.2) is 0 Å². The second-order valence-corrected chi connectivity index (χ2v) is 9.11. The average molecular weight is 515 g/mol. The number of hydrogen-bond donors (Lipinski definition) is 1. The van der Waals surface area contributed by atoms with E-state index in [0.29, 0.717) is 23.0 Å². The van der Waals surface area contributed by atoms with Crippen LogP contribution in [0.3, 0.4) is 0 Å². The van der Waals surface area contributed by atoms with E-state index in [-0.39, 0.29) is 18.3 Å². The first-order valence-corrected chi connectivity index (χ1v) is 12.0. The molecule has 4 rings (SSSR count). The highest BCUT2D eigenvalue weighted by molar-refractivity contribution is 6.30. The highest BCUT2D eigenvalue weighted by Crippen LogP contribution is 2.31. The Labute approximate surface area is 218 Å². The number of methoxy groups -OCH3 is 2. The summed E-state index contributed by atoms with van der Waals surface area (Å²) >= 11 is 5.89. The number of nitrogens with one attached hydrogen (secondary N) is 1. The summed E-state index contributed by atoms with van der Waals surface area (Å²) in [7, 11) is 3.33. The van der Waals surface area contributed by atoms with Crippen molar-refractivity contribution in [1.82, 2.24) is 10.2 Å². The Kier molecular flexibility index (Phi) is 9.84. The second kappa shape index (κ2) is 12.8. The van der Waals surface area contributed by atoms with E-state index in [1.54, 1.807) is 38.5 Å². The lowest BCUT2D eigenvalue weighted by Crippen LogP contribution is -2.32. The van der Waals surface area contributed by atoms with Crippen LogP contribution >= 0.6 is 24.0 Å². The Morgan fingerprint density at radius 1 is 0.914 bits per heavy atom. The van der Waals surface area contributed by atoms with E-state index >= 15 is 0 Å². The Balaban J connectivity index is 0.00000342. The lowest BCUT2D eigenvalue weighted by Gasteiger charge is -2.32. The fourth-order valence-corrected chi connectivity index (χ4v) is 4.58. The SMILES string of the molecule is COc1ccc(CN2CCC(c3ccc(CNC(=O)c4ccc(Cl)cc4)cc3)CC2)cc1OC.Cl. The number of ether oxygens (including phenoxy) is 2. The highest BCUT2D eigenvalue weighted by atomic mass is 35.5. The zero-order valence-electron chi connectivity index (χ0n) is 20.1. The molecule has 186 valence electrons. The largest absolute Gasteiger partial charge is 0.493 e. The Bertz CT molecular complexity index is 1100. The molecule has 0 aromatic heterocycles. The number of piperidine rings is 1. The van der Waals surface area contributed by atoms with Crippen LogP contribution in [0.2, 0.25) is 5.02 Å². The van der Waals surface area contributed by atoms with Gasteiger partial charge in [0.15, 0.2) is 11.5 Å². The topological polar surface area (TPSA) is 50.8 Å². The molecule has 1 aliphatic rings. The fraction of sp³-hybridized carbons (Fsp3) is 0.321. The van der Waals surface area contributed by atoms with Crippen LogP contribution in [-0.4, -0.2) is 38.1 Å². The Morgan fingerprint density at radius 3 is 2.17 bits per heavy atom. The molecule has 0 spiro atoms. The average Bonchev–Trinajstić information content (AvgIpc) is 2.88. The van der Waals surface area contributed by atoms with E-state index < -0.39 is 0 Å². The van der Waals surface area contributed by atoms with Gasteiger partial charge in [-0.2, -0.15) is 0 Å². The summed E-state index contributed by atoms with van der Waals surface area (Å²) in [5, 5.41) is 3.60. The molecule has 1 N–H and O–H groups in total. The molecular formula is C28H32Cl2N2O3. The Morgan fingerprint density at radius 2 is 1.54 bits per heavy atom. The van der Waals surface area contributed by atoms with Gasteiger partial charge in [-0.05, 0) is 84.9 Å². The van der Waals surface area contributed by atoms with Gasteiger partial charge >= 0.3 is 0 Å². The van der Waals surface area contributed by atoms with Crippen LogP contribution in [0.1, 0.15) is 45.8 Å². The maximum Gasteiger partial charge on any atom is 0.251 e. The first-order valence-electron chi connectivity index (χ1n) is 11.6. The van der Waals surface area contributed by atoms with Gasteiger partial charge in [0.2, 0.25) is 0 Å². The molecule has 7 heteroatoms. The number of likely N-dealkylation sites (tertiary alicyclic amines) is 1. The molecule has 3 aromatic rings. The molecule has 35 heavy (non-hydrogen) atoms. The van der Waals surface area contributed by atoms with E-state index in [4.69, 9.17) is 21.1 Å². The molecule has 1 heterocycles. The number of amides is 1. The standard InChI is InChI=1S/C28H31ClN2O3.ClH/c1-33-26-12-5-21(17-27(26)34-2)19-31-15-13-23(14-16-31)22-6-3-20(4-7-22)18-30-28(32)24-8-10-25(29)11-9-24;/h3-12,17,23H,13-16,18-19H2,1-2H3,(H,30,32);1H. The van der Waals surface area contributed by atoms with Crippen molar-refractivity contribution in [1.29, 1.82) is 0 Å². The molecule has 0 bridgehead atoms. The molecular weight excluding hydrogens is 483 g/mol. The summed E-state index contributed by atoms with van der Waals surface area (Å²) in [6, 6.07) is 21.7. The predicted molar refractivity (Wildman–Crippen MR) is 143 cm³/mol. The molecule has 1 amide bonds. The van der Waals surface area contributed by atoms with E-state index in [9.17, 15) is 4.79 Å². The van der Waals surface area contributed by atoms with Crippen molar-refractivity contribution in [3.63, 3.8) is 0 Å². The molecule has 3 aromatic carbocycles. The molecule has 1 aliphatic heterocycles. The van der Waals surface area contributed by atoms with Crippen molar-refractivity contribution in [2.24, 2.45) is 0 Å². The molecule has 0 atom stereocenters. The van der Waals surface area contributed by atoms with Gasteiger partial charge in [-0.1, -0.05) is 41.9 Å². The first-order chi connectivity index (χ1) is 16.6. The van der Waals surface area contributed by atoms with Crippen molar-refractivity contribution >= 4 is 29.9 Å². The molecule has 0 saturated carbocycles. The van der Waals surface area contributed by atoms with Crippen molar-refractivity contribution in [2.75, 3.05) is 27.3 Å². The summed E-state index contributed by atoms with van der Waals surface area (Å²) in [5.74, 6) is 2.01. The zero-order chi connectivity index (χ0) is 23.9. The molecule has 0 aliphatic carbocycles. The third-order valence-electron chi connectivity index (χ3n) is 6.45. The minimum Gasteiger partial charge on any atom is -0.493 e. The van der Waals surface area contributed by atoms with E-state index in [1.807, 2.05) is 6.07 Å². The lowest BCUT2D eigenvalue weighted by atomic mass is 9.89. The number of halogens is 2. The smallest absolute Gasteiger partial charge is 0.251 e. The summed E-state index contributed by atoms with van der Waals surface area (Å²) in [5.41, 5.74) is 4.32. The third kappa shape index (κ3) is 7.14. The minimum absolute atomic E-state index is 0. The molecule has 1 fully saturated rings. The van der Waals surface area contributed by atoms with Crippen molar-refractivity contribution < 1.29 is 14.3 Å². The van der Waals surface area contributed by atoms with Gasteiger partial charge in [0, 0.05) is 23.7 Å². The minimum atomic E-state index is -0.0948. The van der Waals surface area contributed by atoms with E-state index in [0.717, 1.165) is 49.5 Å². The van der Waals surface area contributed by atoms with Crippen LogP contribution in [-0.2, 0) is 13.1 Å². The number of rotatable bonds is 8. The third-order valence-corrected chi connectivity index (χ3v) is 6.70. The van der Waals surface area contributed by atoms with Crippen molar-refractivity contribution in [3.05, 3.63) is 94.0 Å². The van der Waals surface area contributed by atoms with Gasteiger partial charge < -0.3 is 14.8 Å². The number of hydrogen-bond acceptors (Lipinski definition) is 4. The first kappa shape index (κ1) is 26.9. The van der Waals surface area contributed by atoms with E-state index in [1.165, 1.54) is 11.1 Å². The van der Waals surface area contributed by atoms with Gasteiger partial charge in [0.1, 0.15) is 0 Å². The summed E-state index contributed by atoms with van der Waals surface area (Å²) in [6.07, 6.45) is 2.28. The molecule has 5 nitrogen and oxygen atoms in total. The number of carbonyl (C=O) groups is 1. The highest BCUT2D eigenvalue weighted by Gasteiger charge is 2.21. The van der Waals surface area contributed by atoms with Crippen molar-refractivity contribution in [2.45, 2.75) is 31.8 Å². The zero-order valence-corrected chi connectivity index (χ0v) is 21.7. The van der Waals surface area contributed by atoms with Crippen LogP contribution < -0.4 is 14.8 Å². The normalized spacial score (nSPS) is 14.1. The maximum absolute atomic E-state index is 12.3. The van der Waals surface area contributed by atoms with Gasteiger partial charge in [-0.3, -0.25) is 9.69 Å². The second-order valence-electron chi connectivity index (χ2n) is 8.67. The maximum atomic E-state index is 12.3. The molecule has 0 radical (unpaired) electrons. The number of nitrogens with zero attached hydrogens (tertiary/aromatic N) is 1. The number of carbonyl (C=O) groups excluding carboxylic acids is 1.